The molecule has 5 heteroatoms. The van der Waals surface area contributed by atoms with E-state index in [1.54, 1.807) is 0 Å². The number of benzene rings is 1. The van der Waals surface area contributed by atoms with E-state index in [1.807, 2.05) is 49.1 Å². The summed E-state index contributed by atoms with van der Waals surface area (Å²) >= 11 is 0. The van der Waals surface area contributed by atoms with Gasteiger partial charge < -0.3 is 14.6 Å². The molecule has 1 aliphatic heterocycles. The van der Waals surface area contributed by atoms with Crippen LogP contribution in [0, 0.1) is 5.92 Å². The highest BCUT2D eigenvalue weighted by atomic mass is 16.5. The van der Waals surface area contributed by atoms with Crippen molar-refractivity contribution in [1.29, 1.82) is 0 Å². The first-order valence-corrected chi connectivity index (χ1v) is 8.59. The predicted molar refractivity (Wildman–Crippen MR) is 92.8 cm³/mol. The standard InChI is InChI=1S/C19H24N2O3/c1-13(2)24-18(22)10-14-6-5-9-21(12-14)19(23)17-11-15-7-3-4-8-16(15)20-17/h3-4,7-8,11,13-14,20H,5-6,9-10,12H2,1-2H3/t14-/m1/s1. The van der Waals surface area contributed by atoms with Gasteiger partial charge in [-0.3, -0.25) is 9.59 Å². The topological polar surface area (TPSA) is 62.4 Å². The fourth-order valence-electron chi connectivity index (χ4n) is 3.32. The summed E-state index contributed by atoms with van der Waals surface area (Å²) in [7, 11) is 0. The molecule has 0 bridgehead atoms. The largest absolute Gasteiger partial charge is 0.463 e. The van der Waals surface area contributed by atoms with Gasteiger partial charge in [0.05, 0.1) is 12.5 Å². The van der Waals surface area contributed by atoms with Gasteiger partial charge in [0.1, 0.15) is 5.69 Å². The molecule has 1 aromatic heterocycles. The van der Waals surface area contributed by atoms with E-state index in [2.05, 4.69) is 4.98 Å². The molecule has 2 heterocycles. The number of H-pyrrole nitrogens is 1. The van der Waals surface area contributed by atoms with Crippen LogP contribution >= 0.6 is 0 Å². The number of amides is 1. The number of para-hydroxylation sites is 1. The normalized spacial score (nSPS) is 18.1. The summed E-state index contributed by atoms with van der Waals surface area (Å²) < 4.78 is 5.22. The number of hydrogen-bond donors (Lipinski definition) is 1. The minimum atomic E-state index is -0.171. The zero-order valence-corrected chi connectivity index (χ0v) is 14.2. The van der Waals surface area contributed by atoms with Crippen molar-refractivity contribution in [2.24, 2.45) is 5.92 Å². The van der Waals surface area contributed by atoms with Gasteiger partial charge in [-0.05, 0) is 44.7 Å². The summed E-state index contributed by atoms with van der Waals surface area (Å²) in [5.41, 5.74) is 1.58. The average molecular weight is 328 g/mol. The number of ether oxygens (including phenoxy) is 1. The lowest BCUT2D eigenvalue weighted by Crippen LogP contribution is -2.40. The van der Waals surface area contributed by atoms with Crippen LogP contribution in [0.15, 0.2) is 30.3 Å². The molecular formula is C19H24N2O3. The van der Waals surface area contributed by atoms with Crippen LogP contribution in [0.5, 0.6) is 0 Å². The zero-order chi connectivity index (χ0) is 17.1. The number of nitrogens with zero attached hydrogens (tertiary/aromatic N) is 1. The maximum absolute atomic E-state index is 12.8. The summed E-state index contributed by atoms with van der Waals surface area (Å²) in [4.78, 5) is 29.7. The molecule has 1 N–H and O–H groups in total. The second-order valence-corrected chi connectivity index (χ2v) is 6.77. The highest BCUT2D eigenvalue weighted by molar-refractivity contribution is 5.98. The highest BCUT2D eigenvalue weighted by Gasteiger charge is 2.27. The summed E-state index contributed by atoms with van der Waals surface area (Å²) in [6, 6.07) is 9.76. The van der Waals surface area contributed by atoms with Gasteiger partial charge in [0.15, 0.2) is 0 Å². The van der Waals surface area contributed by atoms with Gasteiger partial charge in [0.25, 0.3) is 5.91 Å². The Morgan fingerprint density at radius 1 is 1.33 bits per heavy atom. The van der Waals surface area contributed by atoms with Gasteiger partial charge in [-0.1, -0.05) is 18.2 Å². The predicted octanol–water partition coefficient (Wildman–Crippen LogP) is 3.36. The first-order valence-electron chi connectivity index (χ1n) is 8.59. The second kappa shape index (κ2) is 7.07. The Morgan fingerprint density at radius 2 is 2.12 bits per heavy atom. The molecule has 0 aliphatic carbocycles. The van der Waals surface area contributed by atoms with Gasteiger partial charge in [0.2, 0.25) is 0 Å². The van der Waals surface area contributed by atoms with E-state index in [9.17, 15) is 9.59 Å². The van der Waals surface area contributed by atoms with Gasteiger partial charge in [-0.15, -0.1) is 0 Å². The molecule has 5 nitrogen and oxygen atoms in total. The van der Waals surface area contributed by atoms with E-state index in [0.717, 1.165) is 30.3 Å². The van der Waals surface area contributed by atoms with Crippen LogP contribution in [0.25, 0.3) is 10.9 Å². The quantitative estimate of drug-likeness (QED) is 0.875. The molecule has 0 saturated carbocycles. The van der Waals surface area contributed by atoms with Crippen LogP contribution in [-0.4, -0.2) is 41.0 Å². The summed E-state index contributed by atoms with van der Waals surface area (Å²) in [5.74, 6) is 0.0152. The number of carbonyl (C=O) groups excluding carboxylic acids is 2. The number of rotatable bonds is 4. The van der Waals surface area contributed by atoms with Gasteiger partial charge >= 0.3 is 5.97 Å². The Labute approximate surface area is 142 Å². The van der Waals surface area contributed by atoms with Crippen molar-refractivity contribution in [2.75, 3.05) is 13.1 Å². The Balaban J connectivity index is 1.65. The van der Waals surface area contributed by atoms with Crippen molar-refractivity contribution >= 4 is 22.8 Å². The number of likely N-dealkylation sites (tertiary alicyclic amines) is 1. The number of piperidine rings is 1. The van der Waals surface area contributed by atoms with Crippen molar-refractivity contribution in [3.8, 4) is 0 Å². The number of aromatic nitrogens is 1. The lowest BCUT2D eigenvalue weighted by molar-refractivity contribution is -0.148. The molecule has 128 valence electrons. The van der Waals surface area contributed by atoms with E-state index < -0.39 is 0 Å². The Bertz CT molecular complexity index is 702. The SMILES string of the molecule is CC(C)OC(=O)C[C@H]1CCCN(C(=O)c2cc3ccccc3[nH]2)C1. The molecule has 2 aromatic rings. The third-order valence-electron chi connectivity index (χ3n) is 4.39. The molecule has 0 spiro atoms. The first-order chi connectivity index (χ1) is 11.5. The third kappa shape index (κ3) is 3.78. The summed E-state index contributed by atoms with van der Waals surface area (Å²) in [5, 5.41) is 1.04. The van der Waals surface area contributed by atoms with Crippen molar-refractivity contribution in [3.63, 3.8) is 0 Å². The molecule has 1 atom stereocenters. The minimum absolute atomic E-state index is 0.00752. The molecule has 24 heavy (non-hydrogen) atoms. The molecule has 1 aliphatic rings. The third-order valence-corrected chi connectivity index (χ3v) is 4.39. The Hall–Kier alpha value is -2.30. The van der Waals surface area contributed by atoms with Crippen LogP contribution in [0.2, 0.25) is 0 Å². The highest BCUT2D eigenvalue weighted by Crippen LogP contribution is 2.23. The number of nitrogens with one attached hydrogen (secondary N) is 1. The van der Waals surface area contributed by atoms with Crippen LogP contribution in [0.4, 0.5) is 0 Å². The second-order valence-electron chi connectivity index (χ2n) is 6.77. The first kappa shape index (κ1) is 16.6. The lowest BCUT2D eigenvalue weighted by atomic mass is 9.94. The van der Waals surface area contributed by atoms with Gasteiger partial charge in [-0.2, -0.15) is 0 Å². The molecular weight excluding hydrogens is 304 g/mol. The van der Waals surface area contributed by atoms with Crippen LogP contribution in [0.1, 0.15) is 43.6 Å². The van der Waals surface area contributed by atoms with Crippen LogP contribution in [-0.2, 0) is 9.53 Å². The molecule has 1 fully saturated rings. The molecule has 1 saturated heterocycles. The van der Waals surface area contributed by atoms with Crippen molar-refractivity contribution in [2.45, 2.75) is 39.2 Å². The minimum Gasteiger partial charge on any atom is -0.463 e. The van der Waals surface area contributed by atoms with E-state index in [0.29, 0.717) is 18.7 Å². The van der Waals surface area contributed by atoms with Crippen molar-refractivity contribution in [3.05, 3.63) is 36.0 Å². The van der Waals surface area contributed by atoms with Crippen molar-refractivity contribution in [1.82, 2.24) is 9.88 Å². The number of carbonyl (C=O) groups is 2. The fourth-order valence-corrected chi connectivity index (χ4v) is 3.32. The average Bonchev–Trinajstić information content (AvgIpc) is 2.97. The van der Waals surface area contributed by atoms with E-state index in [-0.39, 0.29) is 23.9 Å². The van der Waals surface area contributed by atoms with E-state index in [4.69, 9.17) is 4.74 Å². The summed E-state index contributed by atoms with van der Waals surface area (Å²) in [6.45, 7) is 5.06. The number of fused-ring (bicyclic) bond motifs is 1. The Morgan fingerprint density at radius 3 is 2.88 bits per heavy atom. The number of aromatic amines is 1. The summed E-state index contributed by atoms with van der Waals surface area (Å²) in [6.07, 6.45) is 2.18. The maximum atomic E-state index is 12.8. The van der Waals surface area contributed by atoms with Gasteiger partial charge in [-0.25, -0.2) is 0 Å². The van der Waals surface area contributed by atoms with E-state index in [1.165, 1.54) is 0 Å². The lowest BCUT2D eigenvalue weighted by Gasteiger charge is -2.32. The zero-order valence-electron chi connectivity index (χ0n) is 14.2. The fraction of sp³-hybridized carbons (Fsp3) is 0.474. The van der Waals surface area contributed by atoms with Crippen LogP contribution < -0.4 is 0 Å². The molecule has 0 radical (unpaired) electrons. The van der Waals surface area contributed by atoms with Crippen molar-refractivity contribution < 1.29 is 14.3 Å². The molecule has 3 rings (SSSR count). The molecule has 1 amide bonds. The number of hydrogen-bond acceptors (Lipinski definition) is 3. The van der Waals surface area contributed by atoms with E-state index >= 15 is 0 Å². The molecule has 1 aromatic carbocycles. The Kier molecular flexibility index (Phi) is 4.88. The van der Waals surface area contributed by atoms with Crippen LogP contribution in [0.3, 0.4) is 0 Å². The van der Waals surface area contributed by atoms with Gasteiger partial charge in [0, 0.05) is 24.0 Å². The monoisotopic (exact) mass is 328 g/mol. The molecule has 0 unspecified atom stereocenters. The smallest absolute Gasteiger partial charge is 0.306 e. The maximum Gasteiger partial charge on any atom is 0.306 e. The number of esters is 1.